The highest BCUT2D eigenvalue weighted by atomic mass is 35.5. The molecule has 29 heavy (non-hydrogen) atoms. The van der Waals surface area contributed by atoms with Gasteiger partial charge in [-0.25, -0.2) is 0 Å². The molecule has 2 N–H and O–H groups in total. The summed E-state index contributed by atoms with van der Waals surface area (Å²) in [5.74, 6) is -0.133. The van der Waals surface area contributed by atoms with Gasteiger partial charge in [-0.1, -0.05) is 54.1 Å². The fourth-order valence-corrected chi connectivity index (χ4v) is 3.93. The van der Waals surface area contributed by atoms with Gasteiger partial charge in [-0.3, -0.25) is 9.78 Å². The lowest BCUT2D eigenvalue weighted by atomic mass is 9.88. The fourth-order valence-electron chi connectivity index (χ4n) is 3.66. The minimum Gasteiger partial charge on any atom is -0.361 e. The quantitative estimate of drug-likeness (QED) is 0.451. The number of fused-ring (bicyclic) bond motifs is 1. The van der Waals surface area contributed by atoms with E-state index in [0.29, 0.717) is 24.4 Å². The first-order valence-electron chi connectivity index (χ1n) is 9.69. The normalized spacial score (nSPS) is 12.0. The summed E-state index contributed by atoms with van der Waals surface area (Å²) in [6.45, 7) is 0.555. The van der Waals surface area contributed by atoms with E-state index in [9.17, 15) is 4.79 Å². The van der Waals surface area contributed by atoms with Gasteiger partial charge >= 0.3 is 0 Å². The molecule has 4 rings (SSSR count). The number of hydrogen-bond donors (Lipinski definition) is 2. The van der Waals surface area contributed by atoms with Crippen LogP contribution in [0.25, 0.3) is 10.9 Å². The Morgan fingerprint density at radius 2 is 1.79 bits per heavy atom. The molecule has 4 nitrogen and oxygen atoms in total. The van der Waals surface area contributed by atoms with Crippen LogP contribution in [0.1, 0.15) is 29.2 Å². The summed E-state index contributed by atoms with van der Waals surface area (Å²) in [5.41, 5.74) is 4.05. The summed E-state index contributed by atoms with van der Waals surface area (Å²) in [4.78, 5) is 20.4. The van der Waals surface area contributed by atoms with Gasteiger partial charge in [0.15, 0.2) is 0 Å². The topological polar surface area (TPSA) is 57.8 Å². The average molecular weight is 404 g/mol. The molecule has 5 heteroatoms. The van der Waals surface area contributed by atoms with E-state index in [1.807, 2.05) is 66.9 Å². The fraction of sp³-hybridized carbons (Fsp3) is 0.167. The molecule has 1 unspecified atom stereocenters. The molecule has 2 aromatic carbocycles. The van der Waals surface area contributed by atoms with E-state index < -0.39 is 0 Å². The Bertz CT molecular complexity index is 1110. The summed E-state index contributed by atoms with van der Waals surface area (Å²) in [5, 5.41) is 4.81. The van der Waals surface area contributed by atoms with E-state index in [0.717, 1.165) is 27.7 Å². The van der Waals surface area contributed by atoms with Crippen LogP contribution in [-0.2, 0) is 11.2 Å². The first kappa shape index (κ1) is 19.2. The van der Waals surface area contributed by atoms with Gasteiger partial charge in [0.25, 0.3) is 0 Å². The van der Waals surface area contributed by atoms with E-state index in [1.54, 1.807) is 6.20 Å². The van der Waals surface area contributed by atoms with Crippen molar-refractivity contribution in [2.24, 2.45) is 0 Å². The molecule has 0 radical (unpaired) electrons. The van der Waals surface area contributed by atoms with E-state index in [-0.39, 0.29) is 11.8 Å². The number of H-pyrrole nitrogens is 1. The number of hydrogen-bond acceptors (Lipinski definition) is 2. The molecule has 0 bridgehead atoms. The van der Waals surface area contributed by atoms with Crippen molar-refractivity contribution in [3.05, 3.63) is 101 Å². The van der Waals surface area contributed by atoms with Crippen LogP contribution in [0.2, 0.25) is 5.02 Å². The molecule has 0 spiro atoms. The van der Waals surface area contributed by atoms with Crippen LogP contribution in [0.5, 0.6) is 0 Å². The second-order valence-corrected chi connectivity index (χ2v) is 7.40. The van der Waals surface area contributed by atoms with Gasteiger partial charge < -0.3 is 10.3 Å². The van der Waals surface area contributed by atoms with Crippen molar-refractivity contribution in [2.75, 3.05) is 6.54 Å². The molecule has 0 aliphatic rings. The Labute approximate surface area is 174 Å². The summed E-state index contributed by atoms with van der Waals surface area (Å²) in [6, 6.07) is 21.7. The summed E-state index contributed by atoms with van der Waals surface area (Å²) in [6.07, 6.45) is 4.78. The van der Waals surface area contributed by atoms with E-state index >= 15 is 0 Å². The van der Waals surface area contributed by atoms with Crippen LogP contribution in [0.4, 0.5) is 0 Å². The smallest absolute Gasteiger partial charge is 0.220 e. The molecule has 4 aromatic rings. The Morgan fingerprint density at radius 1 is 1.00 bits per heavy atom. The highest BCUT2D eigenvalue weighted by Gasteiger charge is 2.23. The predicted molar refractivity (Wildman–Crippen MR) is 117 cm³/mol. The van der Waals surface area contributed by atoms with E-state index in [2.05, 4.69) is 21.4 Å². The monoisotopic (exact) mass is 403 g/mol. The van der Waals surface area contributed by atoms with Crippen LogP contribution >= 0.6 is 11.6 Å². The van der Waals surface area contributed by atoms with Crippen LogP contribution in [-0.4, -0.2) is 22.4 Å². The van der Waals surface area contributed by atoms with Crippen molar-refractivity contribution in [1.82, 2.24) is 15.3 Å². The maximum Gasteiger partial charge on any atom is 0.220 e. The van der Waals surface area contributed by atoms with Crippen LogP contribution in [0.3, 0.4) is 0 Å². The maximum atomic E-state index is 12.8. The number of halogens is 1. The standard InChI is InChI=1S/C24H22ClN3O/c25-22-10-3-1-8-18(22)20(21-16-28-23-11-4-2-9-19(21)23)15-24(29)27-14-12-17-7-5-6-13-26-17/h1-11,13,16,20,28H,12,14-15H2,(H,27,29). The lowest BCUT2D eigenvalue weighted by Crippen LogP contribution is -2.27. The Morgan fingerprint density at radius 3 is 2.62 bits per heavy atom. The molecule has 2 heterocycles. The zero-order valence-electron chi connectivity index (χ0n) is 15.9. The summed E-state index contributed by atoms with van der Waals surface area (Å²) >= 11 is 6.50. The van der Waals surface area contributed by atoms with Crippen LogP contribution < -0.4 is 5.32 Å². The molecule has 2 aromatic heterocycles. The Hall–Kier alpha value is -3.11. The van der Waals surface area contributed by atoms with Gasteiger partial charge in [-0.15, -0.1) is 0 Å². The molecular weight excluding hydrogens is 382 g/mol. The molecule has 1 atom stereocenters. The van der Waals surface area contributed by atoms with Gasteiger partial charge in [-0.2, -0.15) is 0 Å². The number of carbonyl (C=O) groups excluding carboxylic acids is 1. The Kier molecular flexibility index (Phi) is 5.92. The first-order valence-corrected chi connectivity index (χ1v) is 10.1. The predicted octanol–water partition coefficient (Wildman–Crippen LogP) is 5.10. The summed E-state index contributed by atoms with van der Waals surface area (Å²) in [7, 11) is 0. The third kappa shape index (κ3) is 4.49. The first-order chi connectivity index (χ1) is 14.2. The molecular formula is C24H22ClN3O. The van der Waals surface area contributed by atoms with Crippen molar-refractivity contribution in [3.8, 4) is 0 Å². The number of aromatic amines is 1. The number of pyridine rings is 1. The van der Waals surface area contributed by atoms with Gasteiger partial charge in [0.2, 0.25) is 5.91 Å². The zero-order valence-corrected chi connectivity index (χ0v) is 16.7. The van der Waals surface area contributed by atoms with Crippen molar-refractivity contribution in [2.45, 2.75) is 18.8 Å². The lowest BCUT2D eigenvalue weighted by molar-refractivity contribution is -0.121. The molecule has 0 saturated carbocycles. The molecule has 1 amide bonds. The number of benzene rings is 2. The number of amides is 1. The second kappa shape index (κ2) is 8.93. The number of para-hydroxylation sites is 1. The van der Waals surface area contributed by atoms with Crippen LogP contribution in [0.15, 0.2) is 79.1 Å². The third-order valence-electron chi connectivity index (χ3n) is 5.10. The molecule has 0 aliphatic carbocycles. The number of aromatic nitrogens is 2. The van der Waals surface area contributed by atoms with E-state index in [1.165, 1.54) is 0 Å². The van der Waals surface area contributed by atoms with E-state index in [4.69, 9.17) is 11.6 Å². The van der Waals surface area contributed by atoms with Crippen molar-refractivity contribution < 1.29 is 4.79 Å². The van der Waals surface area contributed by atoms with Crippen molar-refractivity contribution >= 4 is 28.4 Å². The summed E-state index contributed by atoms with van der Waals surface area (Å²) < 4.78 is 0. The third-order valence-corrected chi connectivity index (χ3v) is 5.44. The molecule has 0 saturated heterocycles. The van der Waals surface area contributed by atoms with Crippen molar-refractivity contribution in [1.29, 1.82) is 0 Å². The van der Waals surface area contributed by atoms with Crippen LogP contribution in [0, 0.1) is 0 Å². The van der Waals surface area contributed by atoms with Gasteiger partial charge in [0, 0.05) is 59.3 Å². The number of rotatable bonds is 7. The molecule has 146 valence electrons. The van der Waals surface area contributed by atoms with Gasteiger partial charge in [0.1, 0.15) is 0 Å². The minimum atomic E-state index is -0.130. The maximum absolute atomic E-state index is 12.8. The van der Waals surface area contributed by atoms with Gasteiger partial charge in [-0.05, 0) is 35.4 Å². The molecule has 0 fully saturated rings. The highest BCUT2D eigenvalue weighted by Crippen LogP contribution is 2.36. The average Bonchev–Trinajstić information content (AvgIpc) is 3.17. The largest absolute Gasteiger partial charge is 0.361 e. The number of nitrogens with zero attached hydrogens (tertiary/aromatic N) is 1. The Balaban J connectivity index is 1.54. The SMILES string of the molecule is O=C(CC(c1ccccc1Cl)c1c[nH]c2ccccc12)NCCc1ccccn1. The number of carbonyl (C=O) groups is 1. The van der Waals surface area contributed by atoms with Crippen molar-refractivity contribution in [3.63, 3.8) is 0 Å². The number of nitrogens with one attached hydrogen (secondary N) is 2. The second-order valence-electron chi connectivity index (χ2n) is 6.99. The highest BCUT2D eigenvalue weighted by molar-refractivity contribution is 6.31. The zero-order chi connectivity index (χ0) is 20.1. The minimum absolute atomic E-state index is 0.00358. The molecule has 0 aliphatic heterocycles. The lowest BCUT2D eigenvalue weighted by Gasteiger charge is -2.18. The van der Waals surface area contributed by atoms with Gasteiger partial charge in [0.05, 0.1) is 0 Å².